The molecule has 0 N–H and O–H groups in total. The Balaban J connectivity index is 1.90. The number of pyridine rings is 1. The average molecular weight is 284 g/mol. The molecule has 0 saturated heterocycles. The summed E-state index contributed by atoms with van der Waals surface area (Å²) in [5.74, 6) is 0. The molecule has 0 fully saturated rings. The van der Waals surface area contributed by atoms with Crippen LogP contribution < -0.4 is 0 Å². The van der Waals surface area contributed by atoms with Crippen LogP contribution in [0, 0.1) is 0 Å². The Morgan fingerprint density at radius 2 is 1.50 bits per heavy atom. The Labute approximate surface area is 129 Å². The highest BCUT2D eigenvalue weighted by atomic mass is 15.0. The van der Waals surface area contributed by atoms with Crippen molar-refractivity contribution < 1.29 is 0 Å². The molecule has 2 heterocycles. The summed E-state index contributed by atoms with van der Waals surface area (Å²) in [4.78, 5) is 4.10. The van der Waals surface area contributed by atoms with Crippen LogP contribution in [0.3, 0.4) is 0 Å². The van der Waals surface area contributed by atoms with E-state index in [2.05, 4.69) is 82.3 Å². The van der Waals surface area contributed by atoms with E-state index in [9.17, 15) is 0 Å². The molecule has 4 rings (SSSR count). The smallest absolute Gasteiger partial charge is 0.0531 e. The Hall–Kier alpha value is -2.87. The molecule has 106 valence electrons. The maximum absolute atomic E-state index is 4.10. The normalized spacial score (nSPS) is 10.9. The molecule has 0 radical (unpaired) electrons. The van der Waals surface area contributed by atoms with Crippen molar-refractivity contribution >= 4 is 10.9 Å². The van der Waals surface area contributed by atoms with Gasteiger partial charge in [0.15, 0.2) is 0 Å². The van der Waals surface area contributed by atoms with Gasteiger partial charge in [-0.15, -0.1) is 0 Å². The van der Waals surface area contributed by atoms with Crippen LogP contribution in [0.1, 0.15) is 11.3 Å². The van der Waals surface area contributed by atoms with E-state index in [0.717, 1.165) is 6.42 Å². The number of benzene rings is 2. The van der Waals surface area contributed by atoms with Gasteiger partial charge in [-0.3, -0.25) is 4.98 Å². The van der Waals surface area contributed by atoms with Crippen molar-refractivity contribution in [2.75, 3.05) is 0 Å². The van der Waals surface area contributed by atoms with Crippen molar-refractivity contribution in [2.45, 2.75) is 6.42 Å². The number of hydrogen-bond donors (Lipinski definition) is 0. The Kier molecular flexibility index (Phi) is 3.20. The van der Waals surface area contributed by atoms with Gasteiger partial charge in [0.25, 0.3) is 0 Å². The lowest BCUT2D eigenvalue weighted by molar-refractivity contribution is 0.983. The van der Waals surface area contributed by atoms with E-state index in [1.807, 2.05) is 12.4 Å². The molecular weight excluding hydrogens is 268 g/mol. The van der Waals surface area contributed by atoms with Crippen LogP contribution in [0.5, 0.6) is 0 Å². The Bertz CT molecular complexity index is 893. The molecule has 2 aromatic heterocycles. The highest BCUT2D eigenvalue weighted by molar-refractivity contribution is 5.83. The van der Waals surface area contributed by atoms with E-state index in [0.29, 0.717) is 0 Å². The molecule has 2 heteroatoms. The van der Waals surface area contributed by atoms with E-state index in [1.165, 1.54) is 27.8 Å². The van der Waals surface area contributed by atoms with Gasteiger partial charge in [-0.1, -0.05) is 36.4 Å². The number of fused-ring (bicyclic) bond motifs is 1. The highest BCUT2D eigenvalue weighted by Gasteiger charge is 2.10. The minimum atomic E-state index is 0.895. The lowest BCUT2D eigenvalue weighted by Gasteiger charge is -2.11. The van der Waals surface area contributed by atoms with E-state index < -0.39 is 0 Å². The molecule has 2 nitrogen and oxygen atoms in total. The summed E-state index contributed by atoms with van der Waals surface area (Å²) in [6, 6.07) is 25.5. The average Bonchev–Trinajstić information content (AvgIpc) is 2.94. The standard InChI is InChI=1S/C20H16N2/c1-2-7-18(8-3-1)22-19(14-16-10-12-21-13-11-16)15-17-6-4-5-9-20(17)22/h1-13,15H,14H2. The third kappa shape index (κ3) is 2.29. The minimum Gasteiger partial charge on any atom is -0.313 e. The predicted molar refractivity (Wildman–Crippen MR) is 90.3 cm³/mol. The monoisotopic (exact) mass is 284 g/mol. The van der Waals surface area contributed by atoms with Crippen LogP contribution in [0.2, 0.25) is 0 Å². The van der Waals surface area contributed by atoms with Crippen molar-refractivity contribution in [3.8, 4) is 5.69 Å². The van der Waals surface area contributed by atoms with E-state index in [1.54, 1.807) is 0 Å². The number of rotatable bonds is 3. The predicted octanol–water partition coefficient (Wildman–Crippen LogP) is 4.62. The fraction of sp³-hybridized carbons (Fsp3) is 0.0500. The molecule has 0 bridgehead atoms. The fourth-order valence-electron chi connectivity index (χ4n) is 2.93. The molecule has 0 spiro atoms. The van der Waals surface area contributed by atoms with E-state index >= 15 is 0 Å². The van der Waals surface area contributed by atoms with Gasteiger partial charge in [0.05, 0.1) is 5.52 Å². The molecule has 0 aliphatic heterocycles. The zero-order chi connectivity index (χ0) is 14.8. The van der Waals surface area contributed by atoms with Gasteiger partial charge in [0.2, 0.25) is 0 Å². The lowest BCUT2D eigenvalue weighted by atomic mass is 10.1. The molecule has 4 aromatic rings. The summed E-state index contributed by atoms with van der Waals surface area (Å²) in [7, 11) is 0. The molecule has 2 aromatic carbocycles. The molecule has 0 saturated carbocycles. The van der Waals surface area contributed by atoms with Crippen molar-refractivity contribution in [3.05, 3.63) is 96.4 Å². The first-order valence-corrected chi connectivity index (χ1v) is 7.45. The van der Waals surface area contributed by atoms with Gasteiger partial charge in [0, 0.05) is 35.6 Å². The fourth-order valence-corrected chi connectivity index (χ4v) is 2.93. The molecular formula is C20H16N2. The van der Waals surface area contributed by atoms with Gasteiger partial charge in [-0.05, 0) is 42.0 Å². The second kappa shape index (κ2) is 5.49. The highest BCUT2D eigenvalue weighted by Crippen LogP contribution is 2.26. The number of aromatic nitrogens is 2. The second-order valence-corrected chi connectivity index (χ2v) is 5.40. The summed E-state index contributed by atoms with van der Waals surface area (Å²) in [5.41, 5.74) is 5.01. The molecule has 0 aliphatic carbocycles. The minimum absolute atomic E-state index is 0.895. The number of para-hydroxylation sites is 2. The van der Waals surface area contributed by atoms with Crippen molar-refractivity contribution in [1.29, 1.82) is 0 Å². The Morgan fingerprint density at radius 3 is 2.32 bits per heavy atom. The molecule has 22 heavy (non-hydrogen) atoms. The van der Waals surface area contributed by atoms with Crippen LogP contribution in [0.25, 0.3) is 16.6 Å². The first-order valence-electron chi connectivity index (χ1n) is 7.45. The summed E-state index contributed by atoms with van der Waals surface area (Å²) in [5, 5.41) is 1.27. The van der Waals surface area contributed by atoms with Gasteiger partial charge in [-0.25, -0.2) is 0 Å². The second-order valence-electron chi connectivity index (χ2n) is 5.40. The first kappa shape index (κ1) is 12.8. The van der Waals surface area contributed by atoms with Crippen LogP contribution in [-0.2, 0) is 6.42 Å². The van der Waals surface area contributed by atoms with E-state index in [-0.39, 0.29) is 0 Å². The molecule has 0 unspecified atom stereocenters. The zero-order valence-electron chi connectivity index (χ0n) is 12.2. The van der Waals surface area contributed by atoms with Crippen molar-refractivity contribution in [2.24, 2.45) is 0 Å². The molecule has 0 atom stereocenters. The largest absolute Gasteiger partial charge is 0.313 e. The maximum atomic E-state index is 4.10. The van der Waals surface area contributed by atoms with Crippen molar-refractivity contribution in [3.63, 3.8) is 0 Å². The van der Waals surface area contributed by atoms with Gasteiger partial charge >= 0.3 is 0 Å². The number of hydrogen-bond acceptors (Lipinski definition) is 1. The third-order valence-corrected chi connectivity index (χ3v) is 3.94. The Morgan fingerprint density at radius 1 is 0.773 bits per heavy atom. The van der Waals surface area contributed by atoms with Crippen LogP contribution >= 0.6 is 0 Å². The molecule has 0 aliphatic rings. The SMILES string of the molecule is c1ccc(-n2c(Cc3ccncc3)cc3ccccc32)cc1. The van der Waals surface area contributed by atoms with Crippen LogP contribution in [-0.4, -0.2) is 9.55 Å². The molecule has 0 amide bonds. The van der Waals surface area contributed by atoms with Crippen LogP contribution in [0.4, 0.5) is 0 Å². The summed E-state index contributed by atoms with van der Waals surface area (Å²) in [6.07, 6.45) is 4.60. The van der Waals surface area contributed by atoms with Crippen molar-refractivity contribution in [1.82, 2.24) is 9.55 Å². The maximum Gasteiger partial charge on any atom is 0.0531 e. The first-order chi connectivity index (χ1) is 10.9. The van der Waals surface area contributed by atoms with Gasteiger partial charge in [0.1, 0.15) is 0 Å². The third-order valence-electron chi connectivity index (χ3n) is 3.94. The van der Waals surface area contributed by atoms with E-state index in [4.69, 9.17) is 0 Å². The lowest BCUT2D eigenvalue weighted by Crippen LogP contribution is -2.00. The van der Waals surface area contributed by atoms with Crippen LogP contribution in [0.15, 0.2) is 85.2 Å². The van der Waals surface area contributed by atoms with Gasteiger partial charge < -0.3 is 4.57 Å². The van der Waals surface area contributed by atoms with Gasteiger partial charge in [-0.2, -0.15) is 0 Å². The summed E-state index contributed by atoms with van der Waals surface area (Å²) >= 11 is 0. The summed E-state index contributed by atoms with van der Waals surface area (Å²) in [6.45, 7) is 0. The quantitative estimate of drug-likeness (QED) is 0.537. The zero-order valence-corrected chi connectivity index (χ0v) is 12.2. The number of nitrogens with zero attached hydrogens (tertiary/aromatic N) is 2. The summed E-state index contributed by atoms with van der Waals surface area (Å²) < 4.78 is 2.34. The topological polar surface area (TPSA) is 17.8 Å².